The summed E-state index contributed by atoms with van der Waals surface area (Å²) in [6.07, 6.45) is 0. The monoisotopic (exact) mass is 698 g/mol. The molecule has 3 amide bonds. The van der Waals surface area contributed by atoms with Crippen molar-refractivity contribution >= 4 is 84.6 Å². The van der Waals surface area contributed by atoms with Crippen LogP contribution in [0.25, 0.3) is 10.8 Å². The third-order valence-electron chi connectivity index (χ3n) is 8.27. The molecule has 0 aliphatic carbocycles. The number of carbonyl (C=O) groups excluding carboxylic acids is 3. The molecule has 2 aliphatic heterocycles. The number of thioether (sulfide) groups is 1. The van der Waals surface area contributed by atoms with Gasteiger partial charge in [0.25, 0.3) is 0 Å². The lowest BCUT2D eigenvalue weighted by Gasteiger charge is -2.31. The molecule has 0 radical (unpaired) electrons. The largest absolute Gasteiger partial charge is 0.378 e. The molecule has 3 heterocycles. The van der Waals surface area contributed by atoms with E-state index in [1.807, 2.05) is 85.7 Å². The van der Waals surface area contributed by atoms with Gasteiger partial charge in [-0.2, -0.15) is 0 Å². The fourth-order valence-corrected chi connectivity index (χ4v) is 9.14. The van der Waals surface area contributed by atoms with Crippen LogP contribution in [0, 0.1) is 5.92 Å². The zero-order chi connectivity index (χ0) is 31.4. The Kier molecular flexibility index (Phi) is 7.63. The third-order valence-corrected chi connectivity index (χ3v) is 11.4. The third kappa shape index (κ3) is 5.18. The summed E-state index contributed by atoms with van der Waals surface area (Å²) in [5.41, 5.74) is 2.98. The number of amides is 3. The van der Waals surface area contributed by atoms with Crippen LogP contribution in [0.3, 0.4) is 0 Å². The van der Waals surface area contributed by atoms with Crippen molar-refractivity contribution in [2.75, 3.05) is 29.2 Å². The second kappa shape index (κ2) is 11.6. The Bertz CT molecular complexity index is 2030. The second-order valence-electron chi connectivity index (χ2n) is 11.2. The van der Waals surface area contributed by atoms with Crippen molar-refractivity contribution < 1.29 is 14.4 Å². The van der Waals surface area contributed by atoms with E-state index >= 15 is 0 Å². The van der Waals surface area contributed by atoms with Gasteiger partial charge >= 0.3 is 4.87 Å². The maximum atomic E-state index is 14.1. The zero-order valence-corrected chi connectivity index (χ0v) is 27.5. The van der Waals surface area contributed by atoms with Gasteiger partial charge in [0.15, 0.2) is 0 Å². The first-order chi connectivity index (χ1) is 21.7. The van der Waals surface area contributed by atoms with Crippen LogP contribution in [-0.2, 0) is 20.9 Å². The van der Waals surface area contributed by atoms with E-state index in [4.69, 9.17) is 0 Å². The van der Waals surface area contributed by atoms with Crippen molar-refractivity contribution in [3.8, 4) is 0 Å². The van der Waals surface area contributed by atoms with Crippen LogP contribution in [0.1, 0.15) is 16.4 Å². The predicted octanol–water partition coefficient (Wildman–Crippen LogP) is 6.33. The summed E-state index contributed by atoms with van der Waals surface area (Å²) in [4.78, 5) is 58.7. The van der Waals surface area contributed by atoms with Crippen LogP contribution in [0.2, 0.25) is 0 Å². The summed E-state index contributed by atoms with van der Waals surface area (Å²) in [6.45, 7) is -0.219. The van der Waals surface area contributed by atoms with E-state index in [0.29, 0.717) is 21.3 Å². The molecule has 2 aliphatic rings. The Hall–Kier alpha value is -4.19. The Balaban J connectivity index is 1.28. The average molecular weight is 700 g/mol. The molecule has 8 nitrogen and oxygen atoms in total. The van der Waals surface area contributed by atoms with Gasteiger partial charge in [0.05, 0.1) is 16.6 Å². The molecule has 7 rings (SSSR count). The van der Waals surface area contributed by atoms with Crippen LogP contribution >= 0.6 is 39.0 Å². The number of aromatic nitrogens is 1. The molecule has 45 heavy (non-hydrogen) atoms. The van der Waals surface area contributed by atoms with E-state index in [0.717, 1.165) is 37.8 Å². The molecule has 226 valence electrons. The van der Waals surface area contributed by atoms with Crippen molar-refractivity contribution in [1.29, 1.82) is 0 Å². The van der Waals surface area contributed by atoms with Crippen molar-refractivity contribution in [1.82, 2.24) is 4.57 Å². The quantitative estimate of drug-likeness (QED) is 0.209. The lowest BCUT2D eigenvalue weighted by Crippen LogP contribution is -2.33. The molecule has 1 N–H and O–H groups in total. The zero-order valence-electron chi connectivity index (χ0n) is 24.3. The van der Waals surface area contributed by atoms with Gasteiger partial charge in [-0.25, -0.2) is 4.90 Å². The lowest BCUT2D eigenvalue weighted by molar-refractivity contribution is -0.122. The van der Waals surface area contributed by atoms with Gasteiger partial charge in [0.1, 0.15) is 11.8 Å². The highest BCUT2D eigenvalue weighted by Crippen LogP contribution is 2.54. The molecule has 1 saturated heterocycles. The summed E-state index contributed by atoms with van der Waals surface area (Å²) in [6, 6.07) is 28.4. The fraction of sp³-hybridized carbons (Fsp3) is 0.176. The number of nitrogens with zero attached hydrogens (tertiary/aromatic N) is 3. The number of nitrogens with one attached hydrogen (secondary N) is 1. The normalized spacial score (nSPS) is 19.0. The lowest BCUT2D eigenvalue weighted by atomic mass is 9.83. The molecule has 0 unspecified atom stereocenters. The van der Waals surface area contributed by atoms with Gasteiger partial charge in [-0.15, -0.1) is 0 Å². The molecule has 5 aromatic rings. The first-order valence-electron chi connectivity index (χ1n) is 14.3. The van der Waals surface area contributed by atoms with Gasteiger partial charge in [-0.3, -0.25) is 23.7 Å². The van der Waals surface area contributed by atoms with Gasteiger partial charge in [-0.1, -0.05) is 87.6 Å². The Morgan fingerprint density at radius 1 is 0.889 bits per heavy atom. The highest BCUT2D eigenvalue weighted by Gasteiger charge is 2.56. The number of halogens is 1. The van der Waals surface area contributed by atoms with Crippen LogP contribution in [0.15, 0.2) is 105 Å². The number of imide groups is 1. The van der Waals surface area contributed by atoms with Gasteiger partial charge in [0.2, 0.25) is 17.7 Å². The maximum absolute atomic E-state index is 14.1. The molecule has 0 saturated carbocycles. The number of hydrogen-bond acceptors (Lipinski definition) is 7. The highest BCUT2D eigenvalue weighted by molar-refractivity contribution is 9.10. The van der Waals surface area contributed by atoms with Crippen molar-refractivity contribution in [2.45, 2.75) is 22.7 Å². The Morgan fingerprint density at radius 2 is 1.60 bits per heavy atom. The van der Waals surface area contributed by atoms with E-state index in [1.54, 1.807) is 24.3 Å². The minimum atomic E-state index is -0.756. The predicted molar refractivity (Wildman–Crippen MR) is 184 cm³/mol. The summed E-state index contributed by atoms with van der Waals surface area (Å²) < 4.78 is 2.28. The van der Waals surface area contributed by atoms with Crippen LogP contribution in [0.4, 0.5) is 17.1 Å². The van der Waals surface area contributed by atoms with Crippen molar-refractivity contribution in [3.05, 3.63) is 116 Å². The van der Waals surface area contributed by atoms with Crippen molar-refractivity contribution in [2.24, 2.45) is 5.92 Å². The SMILES string of the molecule is CN(C)c1ccc([C@@H]2c3sc(=O)n(CC(=O)Nc4cccc5ccccc45)c3S[C@H]3C(=O)N(c4ccc(Br)cc4)C(=O)[C@@H]23)cc1. The number of fused-ring (bicyclic) bond motifs is 3. The van der Waals surface area contributed by atoms with Crippen LogP contribution in [0.5, 0.6) is 0 Å². The van der Waals surface area contributed by atoms with Gasteiger partial charge < -0.3 is 10.2 Å². The molecule has 0 bridgehead atoms. The number of hydrogen-bond donors (Lipinski definition) is 1. The minimum absolute atomic E-state index is 0.219. The van der Waals surface area contributed by atoms with Gasteiger partial charge in [0, 0.05) is 46.1 Å². The summed E-state index contributed by atoms with van der Waals surface area (Å²) in [7, 11) is 3.90. The summed E-state index contributed by atoms with van der Waals surface area (Å²) >= 11 is 5.67. The van der Waals surface area contributed by atoms with E-state index in [1.165, 1.54) is 21.2 Å². The summed E-state index contributed by atoms with van der Waals surface area (Å²) in [5.74, 6) is -2.22. The van der Waals surface area contributed by atoms with Crippen LogP contribution in [-0.4, -0.2) is 41.6 Å². The topological polar surface area (TPSA) is 91.7 Å². The smallest absolute Gasteiger partial charge is 0.308 e. The minimum Gasteiger partial charge on any atom is -0.378 e. The van der Waals surface area contributed by atoms with Crippen molar-refractivity contribution in [3.63, 3.8) is 0 Å². The van der Waals surface area contributed by atoms with E-state index in [-0.39, 0.29) is 29.1 Å². The van der Waals surface area contributed by atoms with E-state index in [2.05, 4.69) is 21.2 Å². The number of thiazole rings is 1. The number of anilines is 3. The molecular weight excluding hydrogens is 672 g/mol. The maximum Gasteiger partial charge on any atom is 0.308 e. The molecule has 1 fully saturated rings. The molecule has 0 spiro atoms. The number of benzene rings is 4. The number of carbonyl (C=O) groups is 3. The standard InChI is InChI=1S/C34H27BrN4O4S2/c1-37(2)22-14-10-20(11-15-22)27-28-29(32(42)39(31(28)41)23-16-12-21(35)13-17-23)44-33-30(27)45-34(43)38(33)18-26(40)36-25-9-5-7-19-6-3-4-8-24(19)25/h3-17,27-29H,18H2,1-2H3,(H,36,40)/t27-,28-,29+/m0/s1. The molecule has 1 aromatic heterocycles. The molecule has 4 aromatic carbocycles. The highest BCUT2D eigenvalue weighted by atomic mass is 79.9. The van der Waals surface area contributed by atoms with Crippen LogP contribution < -0.4 is 20.0 Å². The molecule has 3 atom stereocenters. The Morgan fingerprint density at radius 3 is 2.33 bits per heavy atom. The second-order valence-corrected chi connectivity index (χ2v) is 14.3. The van der Waals surface area contributed by atoms with E-state index in [9.17, 15) is 19.2 Å². The van der Waals surface area contributed by atoms with Gasteiger partial charge in [-0.05, 0) is 53.4 Å². The Labute approximate surface area is 275 Å². The fourth-order valence-electron chi connectivity index (χ4n) is 6.11. The number of rotatable bonds is 6. The first-order valence-corrected chi connectivity index (χ1v) is 16.8. The average Bonchev–Trinajstić information content (AvgIpc) is 3.48. The first kappa shape index (κ1) is 29.5. The molecule has 11 heteroatoms. The molecular formula is C34H27BrN4O4S2. The summed E-state index contributed by atoms with van der Waals surface area (Å²) in [5, 5.41) is 4.66. The van der Waals surface area contributed by atoms with E-state index < -0.39 is 17.1 Å².